The van der Waals surface area contributed by atoms with Crippen LogP contribution in [0.2, 0.25) is 0 Å². The second-order valence-corrected chi connectivity index (χ2v) is 6.65. The summed E-state index contributed by atoms with van der Waals surface area (Å²) in [6, 6.07) is 4.17. The number of rotatable bonds is 5. The smallest absolute Gasteiger partial charge is 0.145 e. The van der Waals surface area contributed by atoms with E-state index in [0.717, 1.165) is 51.0 Å². The number of halogens is 1. The lowest BCUT2D eigenvalue weighted by atomic mass is 9.86. The van der Waals surface area contributed by atoms with E-state index in [4.69, 9.17) is 4.84 Å². The summed E-state index contributed by atoms with van der Waals surface area (Å²) in [5, 5.41) is 6.39. The maximum Gasteiger partial charge on any atom is 0.145 e. The molecular weight excluding hydrogens is 275 g/mol. The molecule has 0 saturated carbocycles. The highest BCUT2D eigenvalue weighted by atomic mass is 32.1. The van der Waals surface area contributed by atoms with Crippen LogP contribution in [-0.4, -0.2) is 42.5 Å². The van der Waals surface area contributed by atoms with Crippen molar-refractivity contribution in [3.63, 3.8) is 0 Å². The number of alkyl halides is 1. The van der Waals surface area contributed by atoms with E-state index in [1.165, 1.54) is 4.88 Å². The highest BCUT2D eigenvalue weighted by Crippen LogP contribution is 2.36. The van der Waals surface area contributed by atoms with Gasteiger partial charge in [-0.05, 0) is 30.8 Å². The van der Waals surface area contributed by atoms with Gasteiger partial charge in [-0.1, -0.05) is 11.2 Å². The average molecular weight is 296 g/mol. The van der Waals surface area contributed by atoms with Crippen molar-refractivity contribution in [2.75, 3.05) is 26.3 Å². The Morgan fingerprint density at radius 1 is 1.35 bits per heavy atom. The second kappa shape index (κ2) is 6.22. The van der Waals surface area contributed by atoms with Crippen molar-refractivity contribution in [2.45, 2.75) is 37.7 Å². The summed E-state index contributed by atoms with van der Waals surface area (Å²) in [5.41, 5.74) is 1.03. The lowest BCUT2D eigenvalue weighted by Gasteiger charge is -2.37. The van der Waals surface area contributed by atoms with Crippen LogP contribution in [-0.2, 0) is 4.84 Å². The first-order valence-corrected chi connectivity index (χ1v) is 8.27. The number of thiophene rings is 1. The van der Waals surface area contributed by atoms with Gasteiger partial charge in [0, 0.05) is 32.4 Å². The van der Waals surface area contributed by atoms with Crippen molar-refractivity contribution in [2.24, 2.45) is 5.16 Å². The highest BCUT2D eigenvalue weighted by Gasteiger charge is 2.42. The number of nitrogens with zero attached hydrogens (tertiary/aromatic N) is 2. The van der Waals surface area contributed by atoms with E-state index < -0.39 is 0 Å². The van der Waals surface area contributed by atoms with E-state index in [-0.39, 0.29) is 12.3 Å². The summed E-state index contributed by atoms with van der Waals surface area (Å²) in [6.07, 6.45) is 4.64. The normalized spacial score (nSPS) is 21.9. The van der Waals surface area contributed by atoms with Crippen LogP contribution in [0.3, 0.4) is 0 Å². The zero-order valence-electron chi connectivity index (χ0n) is 11.7. The van der Waals surface area contributed by atoms with E-state index in [2.05, 4.69) is 27.6 Å². The standard InChI is InChI=1S/C15H21FN2OS/c16-7-1-2-8-18-9-5-15(6-10-18)12-13(17-19-15)14-4-3-11-20-14/h3-4,11H,1-2,5-10,12H2. The molecule has 0 unspecified atom stereocenters. The van der Waals surface area contributed by atoms with Gasteiger partial charge in [-0.25, -0.2) is 0 Å². The van der Waals surface area contributed by atoms with Gasteiger partial charge in [0.15, 0.2) is 0 Å². The van der Waals surface area contributed by atoms with Gasteiger partial charge in [0.2, 0.25) is 0 Å². The fourth-order valence-corrected chi connectivity index (χ4v) is 3.68. The maximum absolute atomic E-state index is 12.1. The fourth-order valence-electron chi connectivity index (χ4n) is 2.98. The van der Waals surface area contributed by atoms with Gasteiger partial charge in [0.05, 0.1) is 11.6 Å². The molecule has 0 atom stereocenters. The monoisotopic (exact) mass is 296 g/mol. The van der Waals surface area contributed by atoms with Crippen molar-refractivity contribution < 1.29 is 9.23 Å². The Labute approximate surface area is 123 Å². The van der Waals surface area contributed by atoms with Crippen LogP contribution < -0.4 is 0 Å². The summed E-state index contributed by atoms with van der Waals surface area (Å²) in [7, 11) is 0. The number of piperidine rings is 1. The molecule has 0 N–H and O–H groups in total. The molecule has 5 heteroatoms. The number of unbranched alkanes of at least 4 members (excludes halogenated alkanes) is 1. The Morgan fingerprint density at radius 3 is 2.90 bits per heavy atom. The van der Waals surface area contributed by atoms with Crippen LogP contribution in [0.1, 0.15) is 37.0 Å². The first-order valence-electron chi connectivity index (χ1n) is 7.39. The third-order valence-electron chi connectivity index (χ3n) is 4.27. The molecule has 1 fully saturated rings. The van der Waals surface area contributed by atoms with E-state index in [9.17, 15) is 4.39 Å². The summed E-state index contributed by atoms with van der Waals surface area (Å²) in [6.45, 7) is 2.90. The van der Waals surface area contributed by atoms with Gasteiger partial charge in [0.25, 0.3) is 0 Å². The minimum atomic E-state index is -0.196. The van der Waals surface area contributed by atoms with Crippen LogP contribution in [0.15, 0.2) is 22.7 Å². The Morgan fingerprint density at radius 2 is 2.20 bits per heavy atom. The summed E-state index contributed by atoms with van der Waals surface area (Å²) in [4.78, 5) is 9.45. The molecule has 2 aliphatic rings. The van der Waals surface area contributed by atoms with Gasteiger partial charge in [-0.3, -0.25) is 4.39 Å². The lowest BCUT2D eigenvalue weighted by Crippen LogP contribution is -2.44. The van der Waals surface area contributed by atoms with Crippen LogP contribution in [0.4, 0.5) is 4.39 Å². The first kappa shape index (κ1) is 14.0. The molecule has 1 aromatic heterocycles. The summed E-state index contributed by atoms with van der Waals surface area (Å²) in [5.74, 6) is 0. The molecule has 3 heterocycles. The molecule has 20 heavy (non-hydrogen) atoms. The zero-order chi connectivity index (χ0) is 13.8. The SMILES string of the molecule is FCCCCN1CCC2(CC1)CC(c1cccs1)=NO2. The summed E-state index contributed by atoms with van der Waals surface area (Å²) < 4.78 is 12.1. The van der Waals surface area contributed by atoms with Crippen molar-refractivity contribution in [1.82, 2.24) is 4.90 Å². The molecule has 2 aliphatic heterocycles. The Bertz CT molecular complexity index is 452. The molecule has 110 valence electrons. The Balaban J connectivity index is 1.49. The molecule has 0 radical (unpaired) electrons. The van der Waals surface area contributed by atoms with Crippen molar-refractivity contribution >= 4 is 17.0 Å². The Hall–Kier alpha value is -0.940. The number of hydrogen-bond acceptors (Lipinski definition) is 4. The zero-order valence-corrected chi connectivity index (χ0v) is 12.5. The number of hydrogen-bond donors (Lipinski definition) is 0. The van der Waals surface area contributed by atoms with Gasteiger partial charge in [-0.15, -0.1) is 11.3 Å². The molecule has 0 aliphatic carbocycles. The minimum absolute atomic E-state index is 0.0735. The molecule has 1 aromatic rings. The largest absolute Gasteiger partial charge is 0.388 e. The van der Waals surface area contributed by atoms with Gasteiger partial charge >= 0.3 is 0 Å². The summed E-state index contributed by atoms with van der Waals surface area (Å²) >= 11 is 1.72. The number of oxime groups is 1. The van der Waals surface area contributed by atoms with Gasteiger partial charge < -0.3 is 9.74 Å². The predicted molar refractivity (Wildman–Crippen MR) is 80.2 cm³/mol. The molecule has 0 aromatic carbocycles. The van der Waals surface area contributed by atoms with Crippen LogP contribution in [0, 0.1) is 0 Å². The minimum Gasteiger partial charge on any atom is -0.388 e. The molecule has 0 amide bonds. The molecular formula is C15H21FN2OS. The number of likely N-dealkylation sites (tertiary alicyclic amines) is 1. The van der Waals surface area contributed by atoms with Crippen molar-refractivity contribution in [1.29, 1.82) is 0 Å². The molecule has 3 nitrogen and oxygen atoms in total. The van der Waals surface area contributed by atoms with Gasteiger partial charge in [0.1, 0.15) is 11.3 Å². The highest BCUT2D eigenvalue weighted by molar-refractivity contribution is 7.12. The average Bonchev–Trinajstić information content (AvgIpc) is 3.12. The first-order chi connectivity index (χ1) is 9.81. The third-order valence-corrected chi connectivity index (χ3v) is 5.19. The quantitative estimate of drug-likeness (QED) is 0.777. The van der Waals surface area contributed by atoms with Crippen molar-refractivity contribution in [3.05, 3.63) is 22.4 Å². The van der Waals surface area contributed by atoms with Crippen LogP contribution >= 0.6 is 11.3 Å². The predicted octanol–water partition coefficient (Wildman–Crippen LogP) is 3.46. The van der Waals surface area contributed by atoms with E-state index in [0.29, 0.717) is 6.42 Å². The van der Waals surface area contributed by atoms with E-state index in [1.807, 2.05) is 0 Å². The fraction of sp³-hybridized carbons (Fsp3) is 0.667. The molecule has 1 saturated heterocycles. The van der Waals surface area contributed by atoms with E-state index in [1.54, 1.807) is 11.3 Å². The van der Waals surface area contributed by atoms with Gasteiger partial charge in [-0.2, -0.15) is 0 Å². The molecule has 0 bridgehead atoms. The third kappa shape index (κ3) is 3.04. The maximum atomic E-state index is 12.1. The van der Waals surface area contributed by atoms with Crippen LogP contribution in [0.25, 0.3) is 0 Å². The van der Waals surface area contributed by atoms with E-state index >= 15 is 0 Å². The Kier molecular flexibility index (Phi) is 4.36. The van der Waals surface area contributed by atoms with Crippen LogP contribution in [0.5, 0.6) is 0 Å². The molecule has 3 rings (SSSR count). The topological polar surface area (TPSA) is 24.8 Å². The van der Waals surface area contributed by atoms with Crippen molar-refractivity contribution in [3.8, 4) is 0 Å². The lowest BCUT2D eigenvalue weighted by molar-refractivity contribution is -0.0615. The second-order valence-electron chi connectivity index (χ2n) is 5.70. The molecule has 1 spiro atoms.